The zero-order valence-electron chi connectivity index (χ0n) is 9.85. The van der Waals surface area contributed by atoms with Gasteiger partial charge in [0.2, 0.25) is 0 Å². The summed E-state index contributed by atoms with van der Waals surface area (Å²) in [4.78, 5) is 0.999. The smallest absolute Gasteiger partial charge is 0.0937 e. The third-order valence-electron chi connectivity index (χ3n) is 2.71. The summed E-state index contributed by atoms with van der Waals surface area (Å²) in [6, 6.07) is 3.92. The maximum absolute atomic E-state index is 10.2. The van der Waals surface area contributed by atoms with E-state index in [1.165, 1.54) is 0 Å². The molecule has 92 valence electrons. The normalized spacial score (nSPS) is 12.9. The summed E-state index contributed by atoms with van der Waals surface area (Å²) in [5.74, 6) is 0. The van der Waals surface area contributed by atoms with Gasteiger partial charge in [-0.05, 0) is 41.2 Å². The maximum atomic E-state index is 10.2. The Morgan fingerprint density at radius 1 is 1.59 bits per heavy atom. The zero-order valence-corrected chi connectivity index (χ0v) is 12.3. The van der Waals surface area contributed by atoms with Crippen molar-refractivity contribution in [2.75, 3.05) is 0 Å². The highest BCUT2D eigenvalue weighted by Gasteiger charge is 2.17. The van der Waals surface area contributed by atoms with Crippen LogP contribution in [0.1, 0.15) is 29.3 Å². The predicted molar refractivity (Wildman–Crippen MR) is 73.3 cm³/mol. The lowest BCUT2D eigenvalue weighted by molar-refractivity contribution is 0.179. The molecule has 17 heavy (non-hydrogen) atoms. The van der Waals surface area contributed by atoms with Crippen molar-refractivity contribution in [3.05, 3.63) is 38.3 Å². The van der Waals surface area contributed by atoms with Crippen LogP contribution in [0.15, 0.2) is 22.0 Å². The van der Waals surface area contributed by atoms with Crippen LogP contribution in [0, 0.1) is 6.92 Å². The number of rotatable bonds is 4. The molecule has 1 atom stereocenters. The van der Waals surface area contributed by atoms with Crippen molar-refractivity contribution in [1.29, 1.82) is 0 Å². The molecule has 0 spiro atoms. The largest absolute Gasteiger partial charge is 0.387 e. The van der Waals surface area contributed by atoms with Gasteiger partial charge in [-0.3, -0.25) is 4.68 Å². The second-order valence-electron chi connectivity index (χ2n) is 3.90. The minimum Gasteiger partial charge on any atom is -0.387 e. The second kappa shape index (κ2) is 5.33. The first-order valence-corrected chi connectivity index (χ1v) is 7.24. The van der Waals surface area contributed by atoms with Crippen LogP contribution in [0.2, 0.25) is 0 Å². The van der Waals surface area contributed by atoms with Gasteiger partial charge in [0.25, 0.3) is 0 Å². The molecule has 0 bridgehead atoms. The van der Waals surface area contributed by atoms with Gasteiger partial charge in [0.05, 0.1) is 22.0 Å². The van der Waals surface area contributed by atoms with Gasteiger partial charge >= 0.3 is 0 Å². The van der Waals surface area contributed by atoms with E-state index >= 15 is 0 Å². The Balaban J connectivity index is 2.24. The molecule has 0 fully saturated rings. The standard InChI is InChI=1S/C12H15BrN2OS/c1-3-15-9(12(13)8(2)14-15)7-10(16)11-5-4-6-17-11/h4-6,10,16H,3,7H2,1-2H3. The van der Waals surface area contributed by atoms with E-state index < -0.39 is 6.10 Å². The van der Waals surface area contributed by atoms with Gasteiger partial charge in [0, 0.05) is 17.8 Å². The molecule has 0 aliphatic carbocycles. The van der Waals surface area contributed by atoms with Crippen LogP contribution in [0.3, 0.4) is 0 Å². The van der Waals surface area contributed by atoms with Crippen LogP contribution >= 0.6 is 27.3 Å². The Morgan fingerprint density at radius 3 is 2.94 bits per heavy atom. The quantitative estimate of drug-likeness (QED) is 0.940. The summed E-state index contributed by atoms with van der Waals surface area (Å²) in [6.07, 6.45) is 0.142. The lowest BCUT2D eigenvalue weighted by Crippen LogP contribution is -2.08. The Bertz CT molecular complexity index is 493. The van der Waals surface area contributed by atoms with Crippen LogP contribution in [-0.2, 0) is 13.0 Å². The van der Waals surface area contributed by atoms with E-state index in [0.717, 1.165) is 27.3 Å². The SMILES string of the molecule is CCn1nc(C)c(Br)c1CC(O)c1cccs1. The number of aromatic nitrogens is 2. The molecule has 0 saturated heterocycles. The minimum atomic E-state index is -0.451. The highest BCUT2D eigenvalue weighted by atomic mass is 79.9. The number of halogens is 1. The minimum absolute atomic E-state index is 0.451. The molecule has 0 aliphatic rings. The highest BCUT2D eigenvalue weighted by molar-refractivity contribution is 9.10. The van der Waals surface area contributed by atoms with Crippen molar-refractivity contribution >= 4 is 27.3 Å². The molecule has 5 heteroatoms. The summed E-state index contributed by atoms with van der Waals surface area (Å²) < 4.78 is 2.95. The fourth-order valence-electron chi connectivity index (χ4n) is 1.83. The number of aliphatic hydroxyl groups is 1. The molecule has 1 N–H and O–H groups in total. The van der Waals surface area contributed by atoms with Crippen LogP contribution in [0.25, 0.3) is 0 Å². The van der Waals surface area contributed by atoms with E-state index in [4.69, 9.17) is 0 Å². The number of hydrogen-bond acceptors (Lipinski definition) is 3. The summed E-state index contributed by atoms with van der Waals surface area (Å²) >= 11 is 5.12. The number of hydrogen-bond donors (Lipinski definition) is 1. The average Bonchev–Trinajstić information content (AvgIpc) is 2.92. The van der Waals surface area contributed by atoms with Crippen molar-refractivity contribution in [3.63, 3.8) is 0 Å². The predicted octanol–water partition coefficient (Wildman–Crippen LogP) is 3.31. The van der Waals surface area contributed by atoms with Crippen LogP contribution in [0.5, 0.6) is 0 Å². The molecule has 2 aromatic heterocycles. The van der Waals surface area contributed by atoms with Crippen LogP contribution in [-0.4, -0.2) is 14.9 Å². The highest BCUT2D eigenvalue weighted by Crippen LogP contribution is 2.28. The molecule has 2 rings (SSSR count). The Labute approximate surface area is 113 Å². The van der Waals surface area contributed by atoms with Gasteiger partial charge < -0.3 is 5.11 Å². The van der Waals surface area contributed by atoms with E-state index in [1.807, 2.05) is 29.1 Å². The molecule has 0 radical (unpaired) electrons. The molecule has 0 aliphatic heterocycles. The summed E-state index contributed by atoms with van der Waals surface area (Å²) in [7, 11) is 0. The first-order chi connectivity index (χ1) is 8.13. The molecule has 3 nitrogen and oxygen atoms in total. The third kappa shape index (κ3) is 2.61. The molecular formula is C12H15BrN2OS. The molecule has 0 amide bonds. The van der Waals surface area contributed by atoms with E-state index in [9.17, 15) is 5.11 Å². The number of aliphatic hydroxyl groups excluding tert-OH is 1. The molecule has 0 saturated carbocycles. The van der Waals surface area contributed by atoms with Gasteiger partial charge in [-0.15, -0.1) is 11.3 Å². The second-order valence-corrected chi connectivity index (χ2v) is 5.67. The maximum Gasteiger partial charge on any atom is 0.0937 e. The molecule has 2 aromatic rings. The van der Waals surface area contributed by atoms with Crippen molar-refractivity contribution in [3.8, 4) is 0 Å². The van der Waals surface area contributed by atoms with Gasteiger partial charge in [-0.25, -0.2) is 0 Å². The Morgan fingerprint density at radius 2 is 2.35 bits per heavy atom. The average molecular weight is 315 g/mol. The van der Waals surface area contributed by atoms with E-state index in [2.05, 4.69) is 28.0 Å². The molecule has 0 aromatic carbocycles. The van der Waals surface area contributed by atoms with Crippen molar-refractivity contribution < 1.29 is 5.11 Å². The van der Waals surface area contributed by atoms with Gasteiger partial charge in [-0.1, -0.05) is 6.07 Å². The van der Waals surface area contributed by atoms with Crippen molar-refractivity contribution in [2.45, 2.75) is 32.9 Å². The molecular weight excluding hydrogens is 300 g/mol. The first-order valence-electron chi connectivity index (χ1n) is 5.56. The van der Waals surface area contributed by atoms with Crippen LogP contribution in [0.4, 0.5) is 0 Å². The monoisotopic (exact) mass is 314 g/mol. The van der Waals surface area contributed by atoms with Gasteiger partial charge in [0.15, 0.2) is 0 Å². The molecule has 1 unspecified atom stereocenters. The number of nitrogens with zero attached hydrogens (tertiary/aromatic N) is 2. The summed E-state index contributed by atoms with van der Waals surface area (Å²) in [5, 5.41) is 16.6. The fourth-order valence-corrected chi connectivity index (χ4v) is 2.99. The zero-order chi connectivity index (χ0) is 12.4. The number of aryl methyl sites for hydroxylation is 2. The van der Waals surface area contributed by atoms with Crippen LogP contribution < -0.4 is 0 Å². The van der Waals surface area contributed by atoms with Crippen molar-refractivity contribution in [1.82, 2.24) is 9.78 Å². The van der Waals surface area contributed by atoms with E-state index in [0.29, 0.717) is 6.42 Å². The van der Waals surface area contributed by atoms with Crippen molar-refractivity contribution in [2.24, 2.45) is 0 Å². The topological polar surface area (TPSA) is 38.0 Å². The Hall–Kier alpha value is -0.650. The van der Waals surface area contributed by atoms with Gasteiger partial charge in [-0.2, -0.15) is 5.10 Å². The lowest BCUT2D eigenvalue weighted by atomic mass is 10.1. The Kier molecular flexibility index (Phi) is 4.01. The summed E-state index contributed by atoms with van der Waals surface area (Å²) in [6.45, 7) is 4.84. The fraction of sp³-hybridized carbons (Fsp3) is 0.417. The van der Waals surface area contributed by atoms with E-state index in [-0.39, 0.29) is 0 Å². The van der Waals surface area contributed by atoms with E-state index in [1.54, 1.807) is 11.3 Å². The summed E-state index contributed by atoms with van der Waals surface area (Å²) in [5.41, 5.74) is 2.03. The first kappa shape index (κ1) is 12.8. The lowest BCUT2D eigenvalue weighted by Gasteiger charge is -2.10. The third-order valence-corrected chi connectivity index (χ3v) is 4.72. The number of thiophene rings is 1. The van der Waals surface area contributed by atoms with Gasteiger partial charge in [0.1, 0.15) is 0 Å². The molecule has 2 heterocycles.